The molecule has 1 unspecified atom stereocenters. The van der Waals surface area contributed by atoms with Crippen LogP contribution in [0.25, 0.3) is 0 Å². The van der Waals surface area contributed by atoms with Crippen molar-refractivity contribution in [2.75, 3.05) is 13.7 Å². The maximum absolute atomic E-state index is 11.4. The van der Waals surface area contributed by atoms with Crippen LogP contribution in [0, 0.1) is 0 Å². The molecule has 0 spiro atoms. The molecule has 0 bridgehead atoms. The Labute approximate surface area is 95.6 Å². The molecule has 0 amide bonds. The van der Waals surface area contributed by atoms with Gasteiger partial charge >= 0.3 is 5.97 Å². The highest BCUT2D eigenvalue weighted by atomic mass is 79.9. The fourth-order valence-corrected chi connectivity index (χ4v) is 2.61. The van der Waals surface area contributed by atoms with Gasteiger partial charge in [-0.05, 0) is 28.5 Å². The molecular formula is C9H12BrNO2S. The van der Waals surface area contributed by atoms with Gasteiger partial charge in [-0.25, -0.2) is 4.79 Å². The summed E-state index contributed by atoms with van der Waals surface area (Å²) in [6, 6.07) is 1.58. The summed E-state index contributed by atoms with van der Waals surface area (Å²) in [5, 5.41) is 5.03. The largest absolute Gasteiger partial charge is 0.468 e. The fraction of sp³-hybridized carbons (Fsp3) is 0.444. The Hall–Kier alpha value is -0.390. The number of ether oxygens (including phenoxy) is 1. The SMILES string of the molecule is CCNC(C(=O)OC)c1cc(Br)cs1. The molecule has 1 atom stereocenters. The van der Waals surface area contributed by atoms with E-state index in [9.17, 15) is 4.79 Å². The number of esters is 1. The van der Waals surface area contributed by atoms with Gasteiger partial charge in [0.25, 0.3) is 0 Å². The number of nitrogens with one attached hydrogen (secondary N) is 1. The van der Waals surface area contributed by atoms with E-state index >= 15 is 0 Å². The second-order valence-electron chi connectivity index (χ2n) is 2.68. The number of likely N-dealkylation sites (N-methyl/N-ethyl adjacent to an activating group) is 1. The molecule has 1 aromatic heterocycles. The Morgan fingerprint density at radius 2 is 2.50 bits per heavy atom. The lowest BCUT2D eigenvalue weighted by molar-refractivity contribution is -0.143. The van der Waals surface area contributed by atoms with Gasteiger partial charge in [0.05, 0.1) is 7.11 Å². The summed E-state index contributed by atoms with van der Waals surface area (Å²) in [5.41, 5.74) is 0. The lowest BCUT2D eigenvalue weighted by atomic mass is 10.2. The molecule has 0 aliphatic heterocycles. The predicted molar refractivity (Wildman–Crippen MR) is 60.5 cm³/mol. The summed E-state index contributed by atoms with van der Waals surface area (Å²) in [5.74, 6) is -0.249. The van der Waals surface area contributed by atoms with Crippen LogP contribution in [0.15, 0.2) is 15.9 Å². The van der Waals surface area contributed by atoms with E-state index in [0.717, 1.165) is 15.9 Å². The van der Waals surface area contributed by atoms with Gasteiger partial charge in [-0.3, -0.25) is 0 Å². The number of thiophene rings is 1. The Kier molecular flexibility index (Phi) is 4.57. The number of hydrogen-bond donors (Lipinski definition) is 1. The molecule has 5 heteroatoms. The van der Waals surface area contributed by atoms with E-state index in [1.54, 1.807) is 0 Å². The van der Waals surface area contributed by atoms with Gasteiger partial charge in [-0.1, -0.05) is 6.92 Å². The van der Waals surface area contributed by atoms with Crippen molar-refractivity contribution < 1.29 is 9.53 Å². The molecule has 0 aliphatic carbocycles. The highest BCUT2D eigenvalue weighted by molar-refractivity contribution is 9.10. The van der Waals surface area contributed by atoms with Gasteiger partial charge in [-0.15, -0.1) is 11.3 Å². The minimum atomic E-state index is -0.346. The summed E-state index contributed by atoms with van der Waals surface area (Å²) in [6.45, 7) is 2.69. The average molecular weight is 278 g/mol. The van der Waals surface area contributed by atoms with Crippen LogP contribution >= 0.6 is 27.3 Å². The van der Waals surface area contributed by atoms with E-state index in [2.05, 4.69) is 21.2 Å². The van der Waals surface area contributed by atoms with E-state index < -0.39 is 0 Å². The van der Waals surface area contributed by atoms with Crippen molar-refractivity contribution in [3.63, 3.8) is 0 Å². The topological polar surface area (TPSA) is 38.3 Å². The lowest BCUT2D eigenvalue weighted by Crippen LogP contribution is -2.28. The first-order valence-electron chi connectivity index (χ1n) is 4.24. The minimum Gasteiger partial charge on any atom is -0.468 e. The third-order valence-electron chi connectivity index (χ3n) is 1.72. The molecule has 1 aromatic rings. The Bertz CT molecular complexity index is 314. The van der Waals surface area contributed by atoms with Crippen LogP contribution in [0.1, 0.15) is 17.8 Å². The third-order valence-corrected chi connectivity index (χ3v) is 3.48. The van der Waals surface area contributed by atoms with Gasteiger partial charge in [0, 0.05) is 14.7 Å². The Morgan fingerprint density at radius 1 is 1.79 bits per heavy atom. The van der Waals surface area contributed by atoms with E-state index in [-0.39, 0.29) is 12.0 Å². The molecule has 0 fully saturated rings. The summed E-state index contributed by atoms with van der Waals surface area (Å²) >= 11 is 4.88. The summed E-state index contributed by atoms with van der Waals surface area (Å²) in [4.78, 5) is 12.4. The van der Waals surface area contributed by atoms with E-state index in [1.807, 2.05) is 18.4 Å². The first kappa shape index (κ1) is 11.7. The highest BCUT2D eigenvalue weighted by Gasteiger charge is 2.21. The maximum atomic E-state index is 11.4. The number of carbonyl (C=O) groups is 1. The van der Waals surface area contributed by atoms with Gasteiger partial charge < -0.3 is 10.1 Å². The fourth-order valence-electron chi connectivity index (χ4n) is 1.10. The predicted octanol–water partition coefficient (Wildman–Crippen LogP) is 2.33. The molecule has 3 nitrogen and oxygen atoms in total. The summed E-state index contributed by atoms with van der Waals surface area (Å²) < 4.78 is 5.71. The third kappa shape index (κ3) is 2.80. The number of rotatable bonds is 4. The van der Waals surface area contributed by atoms with Crippen molar-refractivity contribution in [3.8, 4) is 0 Å². The van der Waals surface area contributed by atoms with Crippen LogP contribution in [0.5, 0.6) is 0 Å². The molecule has 0 aliphatic rings. The van der Waals surface area contributed by atoms with Gasteiger partial charge in [-0.2, -0.15) is 0 Å². The molecule has 78 valence electrons. The van der Waals surface area contributed by atoms with Crippen molar-refractivity contribution in [1.29, 1.82) is 0 Å². The number of carbonyl (C=O) groups excluding carboxylic acids is 1. The van der Waals surface area contributed by atoms with Crippen LogP contribution in [0.2, 0.25) is 0 Å². The van der Waals surface area contributed by atoms with Crippen LogP contribution in [0.3, 0.4) is 0 Å². The van der Waals surface area contributed by atoms with Crippen molar-refractivity contribution >= 4 is 33.2 Å². The van der Waals surface area contributed by atoms with Gasteiger partial charge in [0.2, 0.25) is 0 Å². The molecule has 1 N–H and O–H groups in total. The van der Waals surface area contributed by atoms with Crippen molar-refractivity contribution in [1.82, 2.24) is 5.32 Å². The van der Waals surface area contributed by atoms with Crippen LogP contribution in [-0.2, 0) is 9.53 Å². The standard InChI is InChI=1S/C9H12BrNO2S/c1-3-11-8(9(12)13-2)7-4-6(10)5-14-7/h4-5,8,11H,3H2,1-2H3. The second-order valence-corrected chi connectivity index (χ2v) is 4.54. The van der Waals surface area contributed by atoms with Crippen LogP contribution < -0.4 is 5.32 Å². The molecule has 14 heavy (non-hydrogen) atoms. The van der Waals surface area contributed by atoms with Gasteiger partial charge in [0.1, 0.15) is 6.04 Å². The first-order chi connectivity index (χ1) is 6.69. The maximum Gasteiger partial charge on any atom is 0.328 e. The normalized spacial score (nSPS) is 12.5. The summed E-state index contributed by atoms with van der Waals surface area (Å²) in [7, 11) is 1.40. The molecule has 0 aromatic carbocycles. The molecule has 1 rings (SSSR count). The number of halogens is 1. The molecule has 0 saturated heterocycles. The van der Waals surface area contributed by atoms with Crippen molar-refractivity contribution in [2.45, 2.75) is 13.0 Å². The Balaban J connectivity index is 2.82. The first-order valence-corrected chi connectivity index (χ1v) is 5.91. The zero-order chi connectivity index (χ0) is 10.6. The Morgan fingerprint density at radius 3 is 2.93 bits per heavy atom. The molecular weight excluding hydrogens is 266 g/mol. The smallest absolute Gasteiger partial charge is 0.328 e. The van der Waals surface area contributed by atoms with Crippen LogP contribution in [0.4, 0.5) is 0 Å². The van der Waals surface area contributed by atoms with Gasteiger partial charge in [0.15, 0.2) is 0 Å². The molecule has 0 saturated carbocycles. The number of methoxy groups -OCH3 is 1. The zero-order valence-corrected chi connectivity index (χ0v) is 10.4. The van der Waals surface area contributed by atoms with E-state index in [0.29, 0.717) is 0 Å². The monoisotopic (exact) mass is 277 g/mol. The second kappa shape index (κ2) is 5.48. The zero-order valence-electron chi connectivity index (χ0n) is 8.04. The van der Waals surface area contributed by atoms with Crippen molar-refractivity contribution in [3.05, 3.63) is 20.8 Å². The minimum absolute atomic E-state index is 0.249. The molecule has 0 radical (unpaired) electrons. The lowest BCUT2D eigenvalue weighted by Gasteiger charge is -2.12. The molecule has 1 heterocycles. The highest BCUT2D eigenvalue weighted by Crippen LogP contribution is 2.26. The quantitative estimate of drug-likeness (QED) is 0.859. The average Bonchev–Trinajstić information content (AvgIpc) is 2.60. The summed E-state index contributed by atoms with van der Waals surface area (Å²) in [6.07, 6.45) is 0. The van der Waals surface area contributed by atoms with E-state index in [4.69, 9.17) is 4.74 Å². The number of hydrogen-bond acceptors (Lipinski definition) is 4. The van der Waals surface area contributed by atoms with Crippen LogP contribution in [-0.4, -0.2) is 19.6 Å². The van der Waals surface area contributed by atoms with Crippen molar-refractivity contribution in [2.24, 2.45) is 0 Å². The van der Waals surface area contributed by atoms with E-state index in [1.165, 1.54) is 18.4 Å².